The lowest BCUT2D eigenvalue weighted by molar-refractivity contribution is -0.115. The number of amides is 3. The Kier molecular flexibility index (Phi) is 7.38. The van der Waals surface area contributed by atoms with Crippen molar-refractivity contribution in [1.29, 1.82) is 0 Å². The lowest BCUT2D eigenvalue weighted by Gasteiger charge is -2.37. The molecule has 0 saturated carbocycles. The Labute approximate surface area is 193 Å². The molecule has 1 aromatic carbocycles. The molecule has 2 aliphatic rings. The Bertz CT molecular complexity index is 923. The third-order valence-electron chi connectivity index (χ3n) is 4.78. The molecule has 174 valence electrons. The quantitative estimate of drug-likeness (QED) is 0.631. The van der Waals surface area contributed by atoms with E-state index < -0.39 is 17.6 Å². The topological polar surface area (TPSA) is 97.0 Å². The van der Waals surface area contributed by atoms with Crippen LogP contribution in [-0.2, 0) is 9.53 Å². The van der Waals surface area contributed by atoms with Crippen molar-refractivity contribution in [2.45, 2.75) is 65.2 Å². The first-order valence-electron chi connectivity index (χ1n) is 10.8. The first kappa shape index (κ1) is 24.0. The molecule has 3 amide bonds. The summed E-state index contributed by atoms with van der Waals surface area (Å²) >= 11 is 0.886. The van der Waals surface area contributed by atoms with Gasteiger partial charge in [-0.15, -0.1) is 0 Å². The van der Waals surface area contributed by atoms with Gasteiger partial charge in [-0.05, 0) is 71.4 Å². The van der Waals surface area contributed by atoms with Gasteiger partial charge < -0.3 is 19.7 Å². The first-order valence-corrected chi connectivity index (χ1v) is 11.6. The van der Waals surface area contributed by atoms with E-state index >= 15 is 0 Å². The molecule has 32 heavy (non-hydrogen) atoms. The van der Waals surface area contributed by atoms with Gasteiger partial charge in [0.15, 0.2) is 0 Å². The van der Waals surface area contributed by atoms with Crippen molar-refractivity contribution in [2.24, 2.45) is 0 Å². The van der Waals surface area contributed by atoms with Crippen LogP contribution < -0.4 is 20.3 Å². The van der Waals surface area contributed by atoms with Crippen LogP contribution in [0, 0.1) is 0 Å². The molecule has 0 unspecified atom stereocenters. The van der Waals surface area contributed by atoms with E-state index in [1.54, 1.807) is 6.08 Å². The Morgan fingerprint density at radius 1 is 1.31 bits per heavy atom. The van der Waals surface area contributed by atoms with Gasteiger partial charge in [-0.2, -0.15) is 0 Å². The minimum atomic E-state index is -0.563. The first-order chi connectivity index (χ1) is 15.0. The van der Waals surface area contributed by atoms with Gasteiger partial charge in [0.1, 0.15) is 11.4 Å². The van der Waals surface area contributed by atoms with Crippen LogP contribution >= 0.6 is 11.8 Å². The number of carbonyl (C=O) groups is 3. The van der Waals surface area contributed by atoms with Crippen molar-refractivity contribution in [3.63, 3.8) is 0 Å². The second-order valence-electron chi connectivity index (χ2n) is 9.14. The van der Waals surface area contributed by atoms with Crippen LogP contribution in [0.15, 0.2) is 23.1 Å². The van der Waals surface area contributed by atoms with Gasteiger partial charge in [-0.3, -0.25) is 14.9 Å². The number of imide groups is 1. The van der Waals surface area contributed by atoms with Crippen LogP contribution in [0.4, 0.5) is 15.3 Å². The number of ether oxygens (including phenoxy) is 2. The van der Waals surface area contributed by atoms with Crippen molar-refractivity contribution in [1.82, 2.24) is 10.6 Å². The summed E-state index contributed by atoms with van der Waals surface area (Å²) in [7, 11) is 0. The second-order valence-corrected chi connectivity index (χ2v) is 10.2. The van der Waals surface area contributed by atoms with Gasteiger partial charge in [0.2, 0.25) is 0 Å². The highest BCUT2D eigenvalue weighted by atomic mass is 32.2. The summed E-state index contributed by atoms with van der Waals surface area (Å²) in [5.74, 6) is 0.297. The lowest BCUT2D eigenvalue weighted by Crippen LogP contribution is -2.49. The fourth-order valence-electron chi connectivity index (χ4n) is 3.68. The third-order valence-corrected chi connectivity index (χ3v) is 5.59. The Morgan fingerprint density at radius 3 is 2.69 bits per heavy atom. The minimum absolute atomic E-state index is 0.0390. The molecular formula is C23H31N3O5S. The monoisotopic (exact) mass is 461 g/mol. The largest absolute Gasteiger partial charge is 0.489 e. The lowest BCUT2D eigenvalue weighted by atomic mass is 10.0. The summed E-state index contributed by atoms with van der Waals surface area (Å²) in [4.78, 5) is 38.5. The van der Waals surface area contributed by atoms with Gasteiger partial charge in [-0.1, -0.05) is 12.1 Å². The van der Waals surface area contributed by atoms with Crippen molar-refractivity contribution in [3.05, 3.63) is 28.7 Å². The van der Waals surface area contributed by atoms with Crippen LogP contribution in [0.2, 0.25) is 0 Å². The van der Waals surface area contributed by atoms with Crippen LogP contribution in [0.25, 0.3) is 6.08 Å². The predicted octanol–water partition coefficient (Wildman–Crippen LogP) is 4.29. The summed E-state index contributed by atoms with van der Waals surface area (Å²) in [6, 6.07) is 5.58. The predicted molar refractivity (Wildman–Crippen MR) is 126 cm³/mol. The number of thioether (sulfide) groups is 1. The highest BCUT2D eigenvalue weighted by Crippen LogP contribution is 2.38. The van der Waals surface area contributed by atoms with E-state index in [1.165, 1.54) is 0 Å². The number of nitrogens with one attached hydrogen (secondary N) is 2. The molecule has 0 radical (unpaired) electrons. The maximum atomic E-state index is 12.3. The van der Waals surface area contributed by atoms with Crippen molar-refractivity contribution >= 4 is 40.8 Å². The molecule has 9 heteroatoms. The van der Waals surface area contributed by atoms with Crippen LogP contribution in [0.1, 0.15) is 53.0 Å². The van der Waals surface area contributed by atoms with E-state index in [2.05, 4.69) is 15.5 Å². The average Bonchev–Trinajstić information content (AvgIpc) is 2.97. The Hall–Kier alpha value is -2.68. The number of para-hydroxylation sites is 1. The van der Waals surface area contributed by atoms with Crippen molar-refractivity contribution in [3.8, 4) is 5.75 Å². The van der Waals surface area contributed by atoms with Crippen LogP contribution in [0.3, 0.4) is 0 Å². The van der Waals surface area contributed by atoms with Gasteiger partial charge >= 0.3 is 6.09 Å². The van der Waals surface area contributed by atoms with Crippen LogP contribution in [-0.4, -0.2) is 48.1 Å². The van der Waals surface area contributed by atoms with Crippen LogP contribution in [0.5, 0.6) is 5.75 Å². The Morgan fingerprint density at radius 2 is 2.06 bits per heavy atom. The van der Waals surface area contributed by atoms with E-state index in [9.17, 15) is 14.4 Å². The number of hydrogen-bond acceptors (Lipinski definition) is 7. The molecule has 3 rings (SSSR count). The summed E-state index contributed by atoms with van der Waals surface area (Å²) in [6.07, 6.45) is 2.96. The van der Waals surface area contributed by atoms with Gasteiger partial charge in [0.25, 0.3) is 11.1 Å². The molecule has 1 atom stereocenters. The molecule has 2 aliphatic heterocycles. The smallest absolute Gasteiger partial charge is 0.407 e. The van der Waals surface area contributed by atoms with Gasteiger partial charge in [-0.25, -0.2) is 4.79 Å². The van der Waals surface area contributed by atoms with Gasteiger partial charge in [0.05, 0.1) is 16.7 Å². The maximum absolute atomic E-state index is 12.3. The van der Waals surface area contributed by atoms with Gasteiger partial charge in [0, 0.05) is 24.7 Å². The number of nitrogens with zero attached hydrogens (tertiary/aromatic N) is 1. The number of alkyl carbamates (subject to hydrolysis) is 1. The van der Waals surface area contributed by atoms with Crippen molar-refractivity contribution < 1.29 is 23.9 Å². The summed E-state index contributed by atoms with van der Waals surface area (Å²) in [5, 5.41) is 4.88. The molecule has 1 aromatic rings. The van der Waals surface area contributed by atoms with E-state index in [4.69, 9.17) is 9.47 Å². The molecule has 8 nitrogen and oxygen atoms in total. The fourth-order valence-corrected chi connectivity index (χ4v) is 4.35. The molecule has 2 heterocycles. The number of rotatable bonds is 5. The fraction of sp³-hybridized carbons (Fsp3) is 0.522. The third kappa shape index (κ3) is 6.41. The van der Waals surface area contributed by atoms with E-state index in [-0.39, 0.29) is 17.4 Å². The molecule has 0 aliphatic carbocycles. The SMILES string of the molecule is CC(C)Oc1cccc(C=C2SC(=O)NC2=O)c1N1CCC[C@@H](NC(=O)OC(C)(C)C)C1. The number of benzene rings is 1. The zero-order valence-corrected chi connectivity index (χ0v) is 20.0. The summed E-state index contributed by atoms with van der Waals surface area (Å²) in [5.41, 5.74) is 1.07. The molecule has 0 aromatic heterocycles. The zero-order chi connectivity index (χ0) is 23.5. The number of anilines is 1. The second kappa shape index (κ2) is 9.85. The standard InChI is InChI=1S/C23H31N3O5S/c1-14(2)30-17-10-6-8-15(12-18-20(27)25-22(29)32-18)19(17)26-11-7-9-16(13-26)24-21(28)31-23(3,4)5/h6,8,10,12,14,16H,7,9,11,13H2,1-5H3,(H,24,28)(H,25,27,29)/t16-/m1/s1. The molecular weight excluding hydrogens is 430 g/mol. The summed E-state index contributed by atoms with van der Waals surface area (Å²) in [6.45, 7) is 10.8. The minimum Gasteiger partial charge on any atom is -0.489 e. The summed E-state index contributed by atoms with van der Waals surface area (Å²) < 4.78 is 11.5. The molecule has 0 spiro atoms. The van der Waals surface area contributed by atoms with E-state index in [0.29, 0.717) is 17.2 Å². The molecule has 0 bridgehead atoms. The normalized spacial score (nSPS) is 20.5. The average molecular weight is 462 g/mol. The molecule has 2 N–H and O–H groups in total. The van der Waals surface area contributed by atoms with E-state index in [1.807, 2.05) is 52.8 Å². The molecule has 2 saturated heterocycles. The highest BCUT2D eigenvalue weighted by Gasteiger charge is 2.29. The zero-order valence-electron chi connectivity index (χ0n) is 19.2. The number of piperidine rings is 1. The number of carbonyl (C=O) groups excluding carboxylic acids is 3. The highest BCUT2D eigenvalue weighted by molar-refractivity contribution is 8.18. The van der Waals surface area contributed by atoms with Crippen molar-refractivity contribution in [2.75, 3.05) is 18.0 Å². The molecule has 2 fully saturated rings. The maximum Gasteiger partial charge on any atom is 0.407 e. The Balaban J connectivity index is 1.89. The number of hydrogen-bond donors (Lipinski definition) is 2. The van der Waals surface area contributed by atoms with E-state index in [0.717, 1.165) is 42.4 Å².